The van der Waals surface area contributed by atoms with Crippen molar-refractivity contribution in [2.45, 2.75) is 5.92 Å². The van der Waals surface area contributed by atoms with Crippen LogP contribution in [0.1, 0.15) is 17.2 Å². The van der Waals surface area contributed by atoms with Gasteiger partial charge in [-0.2, -0.15) is 0 Å². The van der Waals surface area contributed by atoms with E-state index in [9.17, 15) is 9.18 Å². The molecule has 0 spiro atoms. The zero-order valence-corrected chi connectivity index (χ0v) is 10.9. The number of nitrogens with zero attached hydrogens (tertiary/aromatic N) is 1. The Kier molecular flexibility index (Phi) is 3.72. The Labute approximate surface area is 112 Å². The lowest BCUT2D eigenvalue weighted by molar-refractivity contribution is -0.118. The predicted molar refractivity (Wildman–Crippen MR) is 69.4 cm³/mol. The van der Waals surface area contributed by atoms with Crippen LogP contribution in [0.15, 0.2) is 47.1 Å². The molecule has 2 rings (SSSR count). The van der Waals surface area contributed by atoms with E-state index in [1.54, 1.807) is 18.3 Å². The summed E-state index contributed by atoms with van der Waals surface area (Å²) >= 11 is 3.31. The van der Waals surface area contributed by atoms with Gasteiger partial charge in [0.1, 0.15) is 11.7 Å². The van der Waals surface area contributed by atoms with Crippen LogP contribution < -0.4 is 5.73 Å². The van der Waals surface area contributed by atoms with Crippen molar-refractivity contribution in [3.8, 4) is 0 Å². The predicted octanol–water partition coefficient (Wildman–Crippen LogP) is 2.60. The third-order valence-electron chi connectivity index (χ3n) is 2.53. The molecule has 1 heterocycles. The molecular weight excluding hydrogens is 299 g/mol. The van der Waals surface area contributed by atoms with Crippen molar-refractivity contribution in [2.75, 3.05) is 0 Å². The summed E-state index contributed by atoms with van der Waals surface area (Å²) in [4.78, 5) is 15.7. The van der Waals surface area contributed by atoms with E-state index in [1.165, 1.54) is 24.3 Å². The van der Waals surface area contributed by atoms with Crippen LogP contribution in [0.25, 0.3) is 0 Å². The molecule has 0 saturated heterocycles. The van der Waals surface area contributed by atoms with Crippen molar-refractivity contribution >= 4 is 21.8 Å². The Morgan fingerprint density at radius 2 is 1.94 bits per heavy atom. The van der Waals surface area contributed by atoms with E-state index in [0.29, 0.717) is 11.3 Å². The highest BCUT2D eigenvalue weighted by Gasteiger charge is 2.21. The highest BCUT2D eigenvalue weighted by Crippen LogP contribution is 2.24. The first kappa shape index (κ1) is 12.7. The van der Waals surface area contributed by atoms with Gasteiger partial charge in [-0.1, -0.05) is 28.1 Å². The number of rotatable bonds is 3. The molecule has 0 bridgehead atoms. The Balaban J connectivity index is 2.46. The van der Waals surface area contributed by atoms with Gasteiger partial charge in [0, 0.05) is 10.7 Å². The van der Waals surface area contributed by atoms with Gasteiger partial charge in [0.15, 0.2) is 0 Å². The minimum Gasteiger partial charge on any atom is -0.369 e. The topological polar surface area (TPSA) is 56.0 Å². The van der Waals surface area contributed by atoms with Crippen LogP contribution in [-0.4, -0.2) is 10.9 Å². The van der Waals surface area contributed by atoms with Crippen LogP contribution in [0, 0.1) is 5.82 Å². The second-order valence-electron chi connectivity index (χ2n) is 3.79. The number of hydrogen-bond acceptors (Lipinski definition) is 2. The largest absolute Gasteiger partial charge is 0.369 e. The minimum absolute atomic E-state index is 0.357. The lowest BCUT2D eigenvalue weighted by Gasteiger charge is -2.13. The maximum Gasteiger partial charge on any atom is 0.231 e. The van der Waals surface area contributed by atoms with Gasteiger partial charge in [0.05, 0.1) is 5.69 Å². The van der Waals surface area contributed by atoms with Gasteiger partial charge >= 0.3 is 0 Å². The second kappa shape index (κ2) is 5.27. The van der Waals surface area contributed by atoms with E-state index in [4.69, 9.17) is 5.73 Å². The molecule has 2 aromatic rings. The maximum atomic E-state index is 12.9. The summed E-state index contributed by atoms with van der Waals surface area (Å²) < 4.78 is 13.7. The van der Waals surface area contributed by atoms with Gasteiger partial charge in [0.25, 0.3) is 0 Å². The van der Waals surface area contributed by atoms with Crippen molar-refractivity contribution < 1.29 is 9.18 Å². The summed E-state index contributed by atoms with van der Waals surface area (Å²) in [6.45, 7) is 0. The molecule has 0 fully saturated rings. The molecule has 1 amide bonds. The zero-order valence-electron chi connectivity index (χ0n) is 9.31. The molecule has 5 heteroatoms. The number of halogens is 2. The highest BCUT2D eigenvalue weighted by molar-refractivity contribution is 9.10. The van der Waals surface area contributed by atoms with Gasteiger partial charge in [-0.15, -0.1) is 0 Å². The Bertz CT molecular complexity index is 571. The molecule has 0 radical (unpaired) electrons. The standard InChI is InChI=1S/C13H10BrFN2O/c14-9-5-6-17-11(7-9)12(13(16)18)8-1-3-10(15)4-2-8/h1-7,12H,(H2,16,18). The van der Waals surface area contributed by atoms with E-state index in [-0.39, 0.29) is 5.82 Å². The van der Waals surface area contributed by atoms with E-state index in [2.05, 4.69) is 20.9 Å². The Morgan fingerprint density at radius 1 is 1.28 bits per heavy atom. The fourth-order valence-electron chi connectivity index (χ4n) is 1.72. The minimum atomic E-state index is -0.678. The lowest BCUT2D eigenvalue weighted by atomic mass is 9.94. The molecule has 0 aliphatic heterocycles. The lowest BCUT2D eigenvalue weighted by Crippen LogP contribution is -2.23. The third kappa shape index (κ3) is 2.73. The second-order valence-corrected chi connectivity index (χ2v) is 4.70. The number of hydrogen-bond donors (Lipinski definition) is 1. The van der Waals surface area contributed by atoms with E-state index < -0.39 is 11.8 Å². The quantitative estimate of drug-likeness (QED) is 0.947. The summed E-state index contributed by atoms with van der Waals surface area (Å²) in [5, 5.41) is 0. The average molecular weight is 309 g/mol. The van der Waals surface area contributed by atoms with Crippen LogP contribution in [-0.2, 0) is 4.79 Å². The first-order valence-corrected chi connectivity index (χ1v) is 6.03. The summed E-state index contributed by atoms with van der Waals surface area (Å²) in [7, 11) is 0. The van der Waals surface area contributed by atoms with Crippen molar-refractivity contribution in [1.29, 1.82) is 0 Å². The molecule has 1 aromatic carbocycles. The monoisotopic (exact) mass is 308 g/mol. The first-order valence-electron chi connectivity index (χ1n) is 5.24. The van der Waals surface area contributed by atoms with Crippen LogP contribution in [0.5, 0.6) is 0 Å². The summed E-state index contributed by atoms with van der Waals surface area (Å²) in [6.07, 6.45) is 1.58. The van der Waals surface area contributed by atoms with Crippen LogP contribution in [0.4, 0.5) is 4.39 Å². The first-order chi connectivity index (χ1) is 8.58. The van der Waals surface area contributed by atoms with Gasteiger partial charge in [0.2, 0.25) is 5.91 Å². The number of carbonyl (C=O) groups excluding carboxylic acids is 1. The normalized spacial score (nSPS) is 12.1. The summed E-state index contributed by atoms with van der Waals surface area (Å²) in [5.41, 5.74) is 6.55. The molecule has 1 unspecified atom stereocenters. The van der Waals surface area contributed by atoms with Crippen molar-refractivity contribution in [3.63, 3.8) is 0 Å². The van der Waals surface area contributed by atoms with E-state index >= 15 is 0 Å². The molecule has 92 valence electrons. The molecule has 1 atom stereocenters. The number of benzene rings is 1. The fourth-order valence-corrected chi connectivity index (χ4v) is 2.07. The molecule has 0 aliphatic rings. The number of carbonyl (C=O) groups is 1. The molecule has 0 saturated carbocycles. The summed E-state index contributed by atoms with van der Waals surface area (Å²) in [5.74, 6) is -1.56. The smallest absolute Gasteiger partial charge is 0.231 e. The van der Waals surface area contributed by atoms with Gasteiger partial charge in [-0.3, -0.25) is 9.78 Å². The SMILES string of the molecule is NC(=O)C(c1ccc(F)cc1)c1cc(Br)ccn1. The fraction of sp³-hybridized carbons (Fsp3) is 0.0769. The van der Waals surface area contributed by atoms with Crippen LogP contribution in [0.2, 0.25) is 0 Å². The molecule has 0 aliphatic carbocycles. The third-order valence-corrected chi connectivity index (χ3v) is 3.02. The summed E-state index contributed by atoms with van der Waals surface area (Å²) in [6, 6.07) is 9.14. The Hall–Kier alpha value is -1.75. The molecule has 2 N–H and O–H groups in total. The van der Waals surface area contributed by atoms with Crippen molar-refractivity contribution in [1.82, 2.24) is 4.98 Å². The van der Waals surface area contributed by atoms with Crippen molar-refractivity contribution in [3.05, 3.63) is 64.1 Å². The number of pyridine rings is 1. The van der Waals surface area contributed by atoms with Gasteiger partial charge < -0.3 is 5.73 Å². The number of aromatic nitrogens is 1. The molecule has 1 aromatic heterocycles. The number of primary amides is 1. The number of amides is 1. The van der Waals surface area contributed by atoms with Gasteiger partial charge in [-0.25, -0.2) is 4.39 Å². The van der Waals surface area contributed by atoms with E-state index in [1.807, 2.05) is 0 Å². The van der Waals surface area contributed by atoms with Crippen LogP contribution in [0.3, 0.4) is 0 Å². The average Bonchev–Trinajstić information content (AvgIpc) is 2.32. The molecular formula is C13H10BrFN2O. The van der Waals surface area contributed by atoms with Crippen LogP contribution >= 0.6 is 15.9 Å². The number of nitrogens with two attached hydrogens (primary N) is 1. The highest BCUT2D eigenvalue weighted by atomic mass is 79.9. The maximum absolute atomic E-state index is 12.9. The zero-order chi connectivity index (χ0) is 13.1. The molecule has 18 heavy (non-hydrogen) atoms. The molecule has 3 nitrogen and oxygen atoms in total. The Morgan fingerprint density at radius 3 is 2.50 bits per heavy atom. The van der Waals surface area contributed by atoms with Gasteiger partial charge in [-0.05, 0) is 29.8 Å². The van der Waals surface area contributed by atoms with E-state index in [0.717, 1.165) is 4.47 Å². The van der Waals surface area contributed by atoms with Crippen molar-refractivity contribution in [2.24, 2.45) is 5.73 Å².